The van der Waals surface area contributed by atoms with E-state index < -0.39 is 17.4 Å². The van der Waals surface area contributed by atoms with Gasteiger partial charge in [0.05, 0.1) is 11.7 Å². The van der Waals surface area contributed by atoms with Crippen molar-refractivity contribution >= 4 is 5.91 Å². The maximum absolute atomic E-state index is 13.9. The van der Waals surface area contributed by atoms with E-state index in [0.29, 0.717) is 18.4 Å². The molecule has 41 heavy (non-hydrogen) atoms. The third-order valence-electron chi connectivity index (χ3n) is 8.67. The fourth-order valence-corrected chi connectivity index (χ4v) is 6.37. The van der Waals surface area contributed by atoms with E-state index >= 15 is 0 Å². The molecule has 2 aromatic carbocycles. The quantitative estimate of drug-likeness (QED) is 0.304. The summed E-state index contributed by atoms with van der Waals surface area (Å²) in [6.07, 6.45) is 6.69. The average molecular weight is 558 g/mol. The van der Waals surface area contributed by atoms with Gasteiger partial charge in [0.15, 0.2) is 0 Å². The zero-order valence-corrected chi connectivity index (χ0v) is 24.7. The van der Waals surface area contributed by atoms with Crippen LogP contribution in [0.25, 0.3) is 0 Å². The van der Waals surface area contributed by atoms with E-state index in [0.717, 1.165) is 49.0 Å². The van der Waals surface area contributed by atoms with Gasteiger partial charge in [0, 0.05) is 42.8 Å². The topological polar surface area (TPSA) is 92.6 Å². The first kappa shape index (κ1) is 29.1. The van der Waals surface area contributed by atoms with Crippen molar-refractivity contribution in [2.75, 3.05) is 0 Å². The lowest BCUT2D eigenvalue weighted by molar-refractivity contribution is 0.0138. The van der Waals surface area contributed by atoms with Crippen LogP contribution in [0.3, 0.4) is 0 Å². The third kappa shape index (κ3) is 6.41. The number of pyridine rings is 1. The van der Waals surface area contributed by atoms with Crippen molar-refractivity contribution in [2.24, 2.45) is 0 Å². The van der Waals surface area contributed by atoms with Crippen molar-refractivity contribution in [1.82, 2.24) is 15.2 Å². The minimum absolute atomic E-state index is 0.0922. The maximum Gasteiger partial charge on any atom is 0.254 e. The molecule has 0 radical (unpaired) electrons. The van der Waals surface area contributed by atoms with Crippen molar-refractivity contribution in [1.29, 1.82) is 0 Å². The van der Waals surface area contributed by atoms with Crippen molar-refractivity contribution in [3.05, 3.63) is 99.5 Å². The molecule has 1 aliphatic carbocycles. The van der Waals surface area contributed by atoms with Crippen molar-refractivity contribution < 1.29 is 14.6 Å². The summed E-state index contributed by atoms with van der Waals surface area (Å²) in [5.74, 6) is 0.472. The Morgan fingerprint density at radius 2 is 1.83 bits per heavy atom. The Bertz CT molecular complexity index is 1430. The molecule has 0 spiro atoms. The summed E-state index contributed by atoms with van der Waals surface area (Å²) in [6, 6.07) is 19.1. The van der Waals surface area contributed by atoms with E-state index in [9.17, 15) is 14.7 Å². The third-order valence-corrected chi connectivity index (χ3v) is 8.67. The Morgan fingerprint density at radius 1 is 1.10 bits per heavy atom. The fraction of sp³-hybridized carbons (Fsp3) is 0.471. The van der Waals surface area contributed by atoms with Gasteiger partial charge in [-0.25, -0.2) is 0 Å². The number of hydrogen-bond donors (Lipinski definition) is 3. The second-order valence-corrected chi connectivity index (χ2v) is 12.4. The first-order valence-corrected chi connectivity index (χ1v) is 15.0. The van der Waals surface area contributed by atoms with Crippen LogP contribution in [0.4, 0.5) is 0 Å². The summed E-state index contributed by atoms with van der Waals surface area (Å²) in [6.45, 7) is 7.96. The van der Waals surface area contributed by atoms with Gasteiger partial charge in [-0.1, -0.05) is 62.2 Å². The number of nitrogens with one attached hydrogen (secondary N) is 2. The molecule has 1 amide bonds. The molecule has 1 aliphatic heterocycles. The van der Waals surface area contributed by atoms with E-state index in [-0.39, 0.29) is 23.6 Å². The predicted octanol–water partition coefficient (Wildman–Crippen LogP) is 5.47. The molecule has 3 aromatic rings. The van der Waals surface area contributed by atoms with Crippen LogP contribution in [0.5, 0.6) is 5.75 Å². The van der Waals surface area contributed by atoms with Crippen LogP contribution in [0.15, 0.2) is 71.7 Å². The van der Waals surface area contributed by atoms with Gasteiger partial charge in [0.2, 0.25) is 0 Å². The Kier molecular flexibility index (Phi) is 8.39. The molecule has 1 fully saturated rings. The molecule has 1 aromatic heterocycles. The predicted molar refractivity (Wildman–Crippen MR) is 161 cm³/mol. The van der Waals surface area contributed by atoms with Gasteiger partial charge in [0.25, 0.3) is 11.5 Å². The number of aliphatic hydroxyl groups excluding tert-OH is 1. The summed E-state index contributed by atoms with van der Waals surface area (Å²) in [5.41, 5.74) is 1.85. The van der Waals surface area contributed by atoms with Crippen LogP contribution in [0.2, 0.25) is 0 Å². The number of carbonyl (C=O) groups is 1. The number of nitrogens with zero attached hydrogens (tertiary/aromatic N) is 1. The maximum atomic E-state index is 13.9. The molecule has 3 N–H and O–H groups in total. The number of fused-ring (bicyclic) bond motifs is 1. The van der Waals surface area contributed by atoms with E-state index in [1.807, 2.05) is 36.4 Å². The number of amides is 1. The standard InChI is InChI=1S/C34H43N3O4/c1-5-24-15-17-30-28(19-24)29(21-33(3,4)41-30)35-34(23(2)38,20-25-11-7-6-8-12-25)36-32(40)26-16-18-31(39)37(22-26)27-13-9-10-14-27/h6-8,11-12,15-19,22-23,27,29,35,38H,5,9-10,13-14,20-21H2,1-4H3,(H,36,40)/t23-,29+,34+/m1/s1. The Morgan fingerprint density at radius 3 is 2.51 bits per heavy atom. The summed E-state index contributed by atoms with van der Waals surface area (Å²) < 4.78 is 8.05. The number of aromatic nitrogens is 1. The van der Waals surface area contributed by atoms with Gasteiger partial charge in [-0.05, 0) is 63.3 Å². The van der Waals surface area contributed by atoms with Crippen molar-refractivity contribution in [3.63, 3.8) is 0 Å². The molecule has 218 valence electrons. The zero-order valence-electron chi connectivity index (χ0n) is 24.7. The largest absolute Gasteiger partial charge is 0.487 e. The minimum Gasteiger partial charge on any atom is -0.487 e. The second kappa shape index (κ2) is 11.8. The lowest BCUT2D eigenvalue weighted by Gasteiger charge is -2.45. The molecule has 1 saturated carbocycles. The summed E-state index contributed by atoms with van der Waals surface area (Å²) >= 11 is 0. The highest BCUT2D eigenvalue weighted by Crippen LogP contribution is 2.41. The zero-order chi connectivity index (χ0) is 29.2. The van der Waals surface area contributed by atoms with Crippen LogP contribution in [-0.4, -0.2) is 32.9 Å². The number of carbonyl (C=O) groups excluding carboxylic acids is 1. The van der Waals surface area contributed by atoms with Crippen LogP contribution >= 0.6 is 0 Å². The normalized spacial score (nSPS) is 20.5. The van der Waals surface area contributed by atoms with Gasteiger partial charge in [-0.3, -0.25) is 14.9 Å². The smallest absolute Gasteiger partial charge is 0.254 e. The van der Waals surface area contributed by atoms with E-state index in [1.54, 1.807) is 23.8 Å². The molecule has 0 unspecified atom stereocenters. The molecule has 0 saturated heterocycles. The van der Waals surface area contributed by atoms with Gasteiger partial charge < -0.3 is 19.7 Å². The summed E-state index contributed by atoms with van der Waals surface area (Å²) in [5, 5.41) is 18.4. The van der Waals surface area contributed by atoms with Crippen LogP contribution < -0.4 is 20.9 Å². The van der Waals surface area contributed by atoms with Gasteiger partial charge in [-0.15, -0.1) is 0 Å². The van der Waals surface area contributed by atoms with E-state index in [1.165, 1.54) is 11.6 Å². The molecule has 7 nitrogen and oxygen atoms in total. The Balaban J connectivity index is 1.54. The summed E-state index contributed by atoms with van der Waals surface area (Å²) in [4.78, 5) is 26.6. The molecule has 2 heterocycles. The molecule has 2 aliphatic rings. The lowest BCUT2D eigenvalue weighted by atomic mass is 9.85. The number of aliphatic hydroxyl groups is 1. The highest BCUT2D eigenvalue weighted by atomic mass is 16.5. The second-order valence-electron chi connectivity index (χ2n) is 12.4. The number of benzene rings is 2. The van der Waals surface area contributed by atoms with Gasteiger partial charge >= 0.3 is 0 Å². The first-order valence-electron chi connectivity index (χ1n) is 15.0. The molecule has 3 atom stereocenters. The van der Waals surface area contributed by atoms with Crippen molar-refractivity contribution in [3.8, 4) is 5.75 Å². The molecular formula is C34H43N3O4. The first-order chi connectivity index (χ1) is 19.6. The number of hydrogen-bond acceptors (Lipinski definition) is 5. The lowest BCUT2D eigenvalue weighted by Crippen LogP contribution is -2.67. The van der Waals surface area contributed by atoms with Crippen LogP contribution in [0.1, 0.15) is 98.9 Å². The molecule has 0 bridgehead atoms. The van der Waals surface area contributed by atoms with Crippen LogP contribution in [-0.2, 0) is 12.8 Å². The average Bonchev–Trinajstić information content (AvgIpc) is 3.48. The highest BCUT2D eigenvalue weighted by molar-refractivity contribution is 5.94. The summed E-state index contributed by atoms with van der Waals surface area (Å²) in [7, 11) is 0. The minimum atomic E-state index is -1.20. The number of rotatable bonds is 9. The fourth-order valence-electron chi connectivity index (χ4n) is 6.37. The van der Waals surface area contributed by atoms with Crippen LogP contribution in [0, 0.1) is 0 Å². The van der Waals surface area contributed by atoms with Crippen molar-refractivity contribution in [2.45, 2.75) is 102 Å². The molecule has 5 rings (SSSR count). The Labute approximate surface area is 242 Å². The molecular weight excluding hydrogens is 514 g/mol. The van der Waals surface area contributed by atoms with Gasteiger partial charge in [0.1, 0.15) is 17.0 Å². The monoisotopic (exact) mass is 557 g/mol. The highest BCUT2D eigenvalue weighted by Gasteiger charge is 2.43. The molecule has 7 heteroatoms. The number of aryl methyl sites for hydroxylation is 1. The Hall–Kier alpha value is -3.42. The SMILES string of the molecule is CCc1ccc2c(c1)[C@@H](N[C@@](Cc1ccccc1)(NC(=O)c1ccc(=O)n(C3CCCC3)c1)[C@@H](C)O)CC(C)(C)O2. The van der Waals surface area contributed by atoms with E-state index in [2.05, 4.69) is 43.5 Å². The number of ether oxygens (including phenoxy) is 1. The van der Waals surface area contributed by atoms with E-state index in [4.69, 9.17) is 4.74 Å². The van der Waals surface area contributed by atoms with Gasteiger partial charge in [-0.2, -0.15) is 0 Å².